The molecule has 0 atom stereocenters. The Morgan fingerprint density at radius 1 is 0.968 bits per heavy atom. The molecule has 0 aliphatic carbocycles. The minimum Gasteiger partial charge on any atom is -0.497 e. The lowest BCUT2D eigenvalue weighted by atomic mass is 10.2. The van der Waals surface area contributed by atoms with E-state index in [2.05, 4.69) is 15.6 Å². The summed E-state index contributed by atoms with van der Waals surface area (Å²) in [5.74, 6) is 1.64. The highest BCUT2D eigenvalue weighted by atomic mass is 16.5. The largest absolute Gasteiger partial charge is 0.497 e. The van der Waals surface area contributed by atoms with Crippen molar-refractivity contribution in [3.05, 3.63) is 78.4 Å². The summed E-state index contributed by atoms with van der Waals surface area (Å²) in [6.45, 7) is 0.713. The maximum Gasteiger partial charge on any atom is 0.244 e. The first-order valence-corrected chi connectivity index (χ1v) is 9.93. The molecule has 2 N–H and O–H groups in total. The maximum atomic E-state index is 12.9. The number of aromatic nitrogens is 2. The monoisotopic (exact) mass is 416 g/mol. The Morgan fingerprint density at radius 3 is 2.52 bits per heavy atom. The average molecular weight is 416 g/mol. The first-order chi connectivity index (χ1) is 15.2. The highest BCUT2D eigenvalue weighted by molar-refractivity contribution is 5.93. The van der Waals surface area contributed by atoms with Gasteiger partial charge in [-0.05, 0) is 29.8 Å². The van der Waals surface area contributed by atoms with Crippen molar-refractivity contribution in [3.63, 3.8) is 0 Å². The molecule has 7 nitrogen and oxygen atoms in total. The van der Waals surface area contributed by atoms with Gasteiger partial charge in [0.05, 0.1) is 30.9 Å². The number of anilines is 2. The Kier molecular flexibility index (Phi) is 6.03. The summed E-state index contributed by atoms with van der Waals surface area (Å²) in [5.41, 5.74) is 3.42. The molecule has 31 heavy (non-hydrogen) atoms. The maximum absolute atomic E-state index is 12.9. The van der Waals surface area contributed by atoms with Crippen LogP contribution in [0.5, 0.6) is 11.5 Å². The van der Waals surface area contributed by atoms with E-state index >= 15 is 0 Å². The van der Waals surface area contributed by atoms with E-state index in [1.165, 1.54) is 0 Å². The molecule has 1 aromatic heterocycles. The van der Waals surface area contributed by atoms with Gasteiger partial charge in [-0.3, -0.25) is 4.79 Å². The number of nitrogens with zero attached hydrogens (tertiary/aromatic N) is 2. The van der Waals surface area contributed by atoms with Gasteiger partial charge in [-0.25, -0.2) is 4.98 Å². The molecule has 0 unspecified atom stereocenters. The van der Waals surface area contributed by atoms with Gasteiger partial charge in [0, 0.05) is 12.6 Å². The Bertz CT molecular complexity index is 1190. The molecule has 3 aromatic carbocycles. The van der Waals surface area contributed by atoms with Gasteiger partial charge >= 0.3 is 0 Å². The number of carbonyl (C=O) groups excluding carboxylic acids is 1. The third-order valence-corrected chi connectivity index (χ3v) is 4.93. The van der Waals surface area contributed by atoms with Crippen molar-refractivity contribution >= 4 is 28.6 Å². The number of carbonyl (C=O) groups is 1. The van der Waals surface area contributed by atoms with Crippen LogP contribution in [0.4, 0.5) is 11.6 Å². The SMILES string of the molecule is COc1ccc(NC(=O)Cn2c(NCc3ccccc3)nc3ccccc32)c(OC)c1. The number of imidazole rings is 1. The number of fused-ring (bicyclic) bond motifs is 1. The van der Waals surface area contributed by atoms with Crippen LogP contribution in [-0.4, -0.2) is 29.7 Å². The number of hydrogen-bond acceptors (Lipinski definition) is 5. The standard InChI is InChI=1S/C24H24N4O3/c1-30-18-12-13-20(22(14-18)31-2)26-23(29)16-28-21-11-7-6-10-19(21)27-24(28)25-15-17-8-4-3-5-9-17/h3-14H,15-16H2,1-2H3,(H,25,27)(H,26,29). The zero-order chi connectivity index (χ0) is 21.6. The molecule has 0 aliphatic heterocycles. The van der Waals surface area contributed by atoms with E-state index < -0.39 is 0 Å². The van der Waals surface area contributed by atoms with Crippen molar-refractivity contribution in [2.75, 3.05) is 24.9 Å². The number of nitrogens with one attached hydrogen (secondary N) is 2. The summed E-state index contributed by atoms with van der Waals surface area (Å²) in [6.07, 6.45) is 0. The van der Waals surface area contributed by atoms with Crippen molar-refractivity contribution < 1.29 is 14.3 Å². The normalized spacial score (nSPS) is 10.6. The highest BCUT2D eigenvalue weighted by Gasteiger charge is 2.15. The van der Waals surface area contributed by atoms with Gasteiger partial charge in [-0.1, -0.05) is 42.5 Å². The highest BCUT2D eigenvalue weighted by Crippen LogP contribution is 2.29. The van der Waals surface area contributed by atoms with Crippen LogP contribution in [0, 0.1) is 0 Å². The summed E-state index contributed by atoms with van der Waals surface area (Å²) >= 11 is 0. The second-order valence-corrected chi connectivity index (χ2v) is 6.96. The minimum atomic E-state index is -0.186. The smallest absolute Gasteiger partial charge is 0.244 e. The predicted molar refractivity (Wildman–Crippen MR) is 122 cm³/mol. The lowest BCUT2D eigenvalue weighted by Gasteiger charge is -2.14. The fraction of sp³-hybridized carbons (Fsp3) is 0.167. The molecule has 0 aliphatic rings. The number of benzene rings is 3. The Balaban J connectivity index is 1.56. The van der Waals surface area contributed by atoms with Crippen LogP contribution >= 0.6 is 0 Å². The summed E-state index contributed by atoms with van der Waals surface area (Å²) in [5, 5.41) is 6.28. The molecule has 0 fully saturated rings. The first kappa shape index (κ1) is 20.3. The number of ether oxygens (including phenoxy) is 2. The van der Waals surface area contributed by atoms with Crippen LogP contribution in [-0.2, 0) is 17.9 Å². The quantitative estimate of drug-likeness (QED) is 0.448. The molecule has 0 saturated carbocycles. The second kappa shape index (κ2) is 9.21. The molecule has 158 valence electrons. The number of hydrogen-bond donors (Lipinski definition) is 2. The van der Waals surface area contributed by atoms with Crippen molar-refractivity contribution in [2.24, 2.45) is 0 Å². The van der Waals surface area contributed by atoms with Crippen LogP contribution in [0.3, 0.4) is 0 Å². The molecule has 1 heterocycles. The van der Waals surface area contributed by atoms with E-state index in [0.717, 1.165) is 16.6 Å². The Hall–Kier alpha value is -4.00. The molecular formula is C24H24N4O3. The van der Waals surface area contributed by atoms with Crippen molar-refractivity contribution in [1.82, 2.24) is 9.55 Å². The molecule has 4 aromatic rings. The van der Waals surface area contributed by atoms with Crippen LogP contribution in [0.2, 0.25) is 0 Å². The number of amides is 1. The van der Waals surface area contributed by atoms with Crippen molar-refractivity contribution in [2.45, 2.75) is 13.1 Å². The van der Waals surface area contributed by atoms with Gasteiger partial charge in [-0.15, -0.1) is 0 Å². The van der Waals surface area contributed by atoms with Gasteiger partial charge in [0.1, 0.15) is 18.0 Å². The molecule has 0 spiro atoms. The van der Waals surface area contributed by atoms with Gasteiger partial charge in [0.15, 0.2) is 0 Å². The molecule has 0 radical (unpaired) electrons. The summed E-state index contributed by atoms with van der Waals surface area (Å²) in [6, 6.07) is 23.1. The molecule has 1 amide bonds. The third kappa shape index (κ3) is 4.61. The van der Waals surface area contributed by atoms with Gasteiger partial charge in [-0.2, -0.15) is 0 Å². The molecule has 4 rings (SSSR count). The topological polar surface area (TPSA) is 77.4 Å². The molecule has 7 heteroatoms. The first-order valence-electron chi connectivity index (χ1n) is 9.93. The fourth-order valence-corrected chi connectivity index (χ4v) is 3.38. The number of rotatable bonds is 8. The Morgan fingerprint density at radius 2 is 1.74 bits per heavy atom. The van der Waals surface area contributed by atoms with Gasteiger partial charge < -0.3 is 24.7 Å². The van der Waals surface area contributed by atoms with Crippen molar-refractivity contribution in [1.29, 1.82) is 0 Å². The summed E-state index contributed by atoms with van der Waals surface area (Å²) in [4.78, 5) is 17.6. The van der Waals surface area contributed by atoms with E-state index in [1.54, 1.807) is 32.4 Å². The van der Waals surface area contributed by atoms with E-state index in [4.69, 9.17) is 9.47 Å². The zero-order valence-corrected chi connectivity index (χ0v) is 17.5. The van der Waals surface area contributed by atoms with Crippen LogP contribution in [0.1, 0.15) is 5.56 Å². The Labute approximate surface area is 180 Å². The number of methoxy groups -OCH3 is 2. The molecule has 0 bridgehead atoms. The lowest BCUT2D eigenvalue weighted by molar-refractivity contribution is -0.116. The van der Waals surface area contributed by atoms with E-state index in [-0.39, 0.29) is 12.5 Å². The zero-order valence-electron chi connectivity index (χ0n) is 17.5. The fourth-order valence-electron chi connectivity index (χ4n) is 3.38. The predicted octanol–water partition coefficient (Wildman–Crippen LogP) is 4.30. The molecule has 0 saturated heterocycles. The van der Waals surface area contributed by atoms with Crippen LogP contribution < -0.4 is 20.1 Å². The second-order valence-electron chi connectivity index (χ2n) is 6.96. The van der Waals surface area contributed by atoms with Crippen LogP contribution in [0.15, 0.2) is 72.8 Å². The minimum absolute atomic E-state index is 0.104. The third-order valence-electron chi connectivity index (χ3n) is 4.93. The van der Waals surface area contributed by atoms with Gasteiger partial charge in [0.25, 0.3) is 0 Å². The van der Waals surface area contributed by atoms with Crippen LogP contribution in [0.25, 0.3) is 11.0 Å². The lowest BCUT2D eigenvalue weighted by Crippen LogP contribution is -2.20. The number of para-hydroxylation sites is 2. The summed E-state index contributed by atoms with van der Waals surface area (Å²) in [7, 11) is 3.14. The van der Waals surface area contributed by atoms with Gasteiger partial charge in [0.2, 0.25) is 11.9 Å². The van der Waals surface area contributed by atoms with Crippen molar-refractivity contribution in [3.8, 4) is 11.5 Å². The van der Waals surface area contributed by atoms with E-state index in [9.17, 15) is 4.79 Å². The molecular weight excluding hydrogens is 392 g/mol. The van der Waals surface area contributed by atoms with E-state index in [1.807, 2.05) is 59.2 Å². The summed E-state index contributed by atoms with van der Waals surface area (Å²) < 4.78 is 12.5. The average Bonchev–Trinajstić information content (AvgIpc) is 3.15. The van der Waals surface area contributed by atoms with E-state index in [0.29, 0.717) is 29.7 Å².